The standard InChI is InChI=1S/C17H11ClN4OS.C7H9F.C2H6/c1-11-22-16(12-4-2-6-14(8-19)20-9-12)17(23-11)24-15-7-3-5-13(18)10-21-15;1-6(2)4-5-7(3)8;1-2/h2-3,6-7,9-10H,5H2,1H3;4-5H,1,3H2,2H3;1-2H3/b;5-4-;. The molecule has 0 atom stereocenters. The number of allylic oxidation sites excluding steroid dienone is 9. The molecule has 1 aromatic rings. The Morgan fingerprint density at radius 1 is 1.35 bits per heavy atom. The van der Waals surface area contributed by atoms with Crippen molar-refractivity contribution in [1.82, 2.24) is 4.98 Å². The predicted octanol–water partition coefficient (Wildman–Crippen LogP) is 8.17. The fourth-order valence-corrected chi connectivity index (χ4v) is 3.17. The summed E-state index contributed by atoms with van der Waals surface area (Å²) in [4.78, 5) is 12.8. The van der Waals surface area contributed by atoms with E-state index in [0.717, 1.165) is 10.6 Å². The minimum Gasteiger partial charge on any atom is -0.434 e. The number of thioether (sulfide) groups is 1. The Bertz CT molecular complexity index is 1180. The lowest BCUT2D eigenvalue weighted by Gasteiger charge is -1.99. The predicted molar refractivity (Wildman–Crippen MR) is 141 cm³/mol. The molecule has 0 N–H and O–H groups in total. The molecule has 1 aromatic heterocycles. The van der Waals surface area contributed by atoms with Crippen LogP contribution in [0, 0.1) is 18.3 Å². The van der Waals surface area contributed by atoms with Gasteiger partial charge in [-0.15, -0.1) is 5.73 Å². The second-order valence-electron chi connectivity index (χ2n) is 6.39. The second kappa shape index (κ2) is 15.4. The zero-order chi connectivity index (χ0) is 25.5. The normalized spacial score (nSPS) is 14.1. The Labute approximate surface area is 209 Å². The molecule has 176 valence electrons. The number of rotatable bonds is 4. The van der Waals surface area contributed by atoms with Crippen LogP contribution in [0.25, 0.3) is 5.57 Å². The summed E-state index contributed by atoms with van der Waals surface area (Å²) < 4.78 is 17.4. The summed E-state index contributed by atoms with van der Waals surface area (Å²) in [5.74, 6) is 0.0905. The first-order valence-electron chi connectivity index (χ1n) is 10.3. The average Bonchev–Trinajstić information content (AvgIpc) is 2.97. The number of aryl methyl sites for hydroxylation is 1. The van der Waals surface area contributed by atoms with Crippen LogP contribution in [-0.4, -0.2) is 16.2 Å². The maximum Gasteiger partial charge on any atom is 0.195 e. The van der Waals surface area contributed by atoms with E-state index in [1.807, 2.05) is 32.1 Å². The lowest BCUT2D eigenvalue weighted by Crippen LogP contribution is -1.91. The van der Waals surface area contributed by atoms with E-state index in [0.29, 0.717) is 39.4 Å². The van der Waals surface area contributed by atoms with Gasteiger partial charge in [0.05, 0.1) is 5.57 Å². The SMILES string of the molecule is C=C(C)/C=C\C(=C)F.CC.Cc1nc(C2=C=CC=C(C#N)N=C2)c(SC2=NC=C(Cl)CC=C2)o1. The van der Waals surface area contributed by atoms with Crippen molar-refractivity contribution in [1.29, 1.82) is 5.26 Å². The maximum atomic E-state index is 11.7. The Hall–Kier alpha value is -3.43. The molecule has 0 saturated heterocycles. The molecule has 0 bridgehead atoms. The van der Waals surface area contributed by atoms with Gasteiger partial charge in [-0.1, -0.05) is 56.3 Å². The van der Waals surface area contributed by atoms with Crippen LogP contribution in [0.3, 0.4) is 0 Å². The van der Waals surface area contributed by atoms with Gasteiger partial charge in [0.2, 0.25) is 0 Å². The highest BCUT2D eigenvalue weighted by Gasteiger charge is 2.17. The number of aliphatic imine (C=N–C) groups is 2. The monoisotopic (exact) mass is 496 g/mol. The average molecular weight is 497 g/mol. The van der Waals surface area contributed by atoms with Crippen LogP contribution in [0.15, 0.2) is 103 Å². The van der Waals surface area contributed by atoms with Gasteiger partial charge in [0.1, 0.15) is 28.3 Å². The second-order valence-corrected chi connectivity index (χ2v) is 7.87. The number of oxazole rings is 1. The van der Waals surface area contributed by atoms with E-state index in [-0.39, 0.29) is 0 Å². The molecule has 2 aliphatic rings. The van der Waals surface area contributed by atoms with Gasteiger partial charge in [0, 0.05) is 30.8 Å². The summed E-state index contributed by atoms with van der Waals surface area (Å²) in [6.07, 6.45) is 13.8. The largest absolute Gasteiger partial charge is 0.434 e. The molecule has 2 aliphatic heterocycles. The van der Waals surface area contributed by atoms with Crippen LogP contribution >= 0.6 is 23.4 Å². The third-order valence-corrected chi connectivity index (χ3v) is 4.70. The molecule has 0 spiro atoms. The van der Waals surface area contributed by atoms with Crippen molar-refractivity contribution in [3.63, 3.8) is 0 Å². The smallest absolute Gasteiger partial charge is 0.195 e. The van der Waals surface area contributed by atoms with Gasteiger partial charge >= 0.3 is 0 Å². The summed E-state index contributed by atoms with van der Waals surface area (Å²) in [6, 6.07) is 1.99. The van der Waals surface area contributed by atoms with Gasteiger partial charge in [0.15, 0.2) is 11.0 Å². The Morgan fingerprint density at radius 3 is 2.71 bits per heavy atom. The van der Waals surface area contributed by atoms with E-state index >= 15 is 0 Å². The van der Waals surface area contributed by atoms with Gasteiger partial charge in [0.25, 0.3) is 0 Å². The minimum atomic E-state index is -0.437. The fraction of sp³-hybridized carbons (Fsp3) is 0.192. The van der Waals surface area contributed by atoms with Crippen LogP contribution in [0.2, 0.25) is 0 Å². The first-order chi connectivity index (χ1) is 16.3. The van der Waals surface area contributed by atoms with Crippen LogP contribution in [0.1, 0.15) is 38.8 Å². The lowest BCUT2D eigenvalue weighted by atomic mass is 10.2. The molecule has 0 aromatic carbocycles. The molecule has 8 heteroatoms. The number of nitriles is 1. The summed E-state index contributed by atoms with van der Waals surface area (Å²) >= 11 is 7.33. The van der Waals surface area contributed by atoms with Gasteiger partial charge in [-0.2, -0.15) is 5.26 Å². The van der Waals surface area contributed by atoms with Gasteiger partial charge in [-0.3, -0.25) is 0 Å². The van der Waals surface area contributed by atoms with Crippen LogP contribution in [0.5, 0.6) is 0 Å². The van der Waals surface area contributed by atoms with E-state index in [1.165, 1.54) is 17.8 Å². The highest BCUT2D eigenvalue weighted by atomic mass is 35.5. The molecule has 3 heterocycles. The Kier molecular flexibility index (Phi) is 13.0. The lowest BCUT2D eigenvalue weighted by molar-refractivity contribution is 0.442. The molecule has 0 fully saturated rings. The molecular formula is C26H26ClFN4OS. The number of nitrogens with zero attached hydrogens (tertiary/aromatic N) is 4. The molecule has 3 rings (SSSR count). The molecule has 0 amide bonds. The summed E-state index contributed by atoms with van der Waals surface area (Å²) in [7, 11) is 0. The number of halogens is 2. The molecule has 0 radical (unpaired) electrons. The van der Waals surface area contributed by atoms with E-state index in [9.17, 15) is 4.39 Å². The quantitative estimate of drug-likeness (QED) is 0.311. The van der Waals surface area contributed by atoms with Crippen molar-refractivity contribution >= 4 is 40.2 Å². The number of hydrogen-bond acceptors (Lipinski definition) is 6. The van der Waals surface area contributed by atoms with E-state index in [4.69, 9.17) is 21.3 Å². The van der Waals surface area contributed by atoms with Gasteiger partial charge in [-0.05, 0) is 43.0 Å². The third kappa shape index (κ3) is 10.5. The molecule has 0 saturated carbocycles. The van der Waals surface area contributed by atoms with Crippen LogP contribution < -0.4 is 0 Å². The van der Waals surface area contributed by atoms with Crippen LogP contribution in [-0.2, 0) is 0 Å². The molecule has 0 aliphatic carbocycles. The van der Waals surface area contributed by atoms with E-state index < -0.39 is 5.83 Å². The topological polar surface area (TPSA) is 74.5 Å². The van der Waals surface area contributed by atoms with E-state index in [1.54, 1.807) is 44.5 Å². The number of hydrogen-bond donors (Lipinski definition) is 0. The van der Waals surface area contributed by atoms with Crippen molar-refractivity contribution in [2.45, 2.75) is 39.2 Å². The molecule has 0 unspecified atom stereocenters. The highest BCUT2D eigenvalue weighted by molar-refractivity contribution is 8.14. The maximum absolute atomic E-state index is 11.7. The fourth-order valence-electron chi connectivity index (χ4n) is 2.16. The zero-order valence-corrected chi connectivity index (χ0v) is 21.2. The van der Waals surface area contributed by atoms with Crippen molar-refractivity contribution in [3.8, 4) is 6.07 Å². The van der Waals surface area contributed by atoms with Crippen molar-refractivity contribution in [2.75, 3.05) is 0 Å². The number of aromatic nitrogens is 1. The van der Waals surface area contributed by atoms with Crippen molar-refractivity contribution < 1.29 is 8.81 Å². The third-order valence-electron chi connectivity index (χ3n) is 3.54. The van der Waals surface area contributed by atoms with Crippen molar-refractivity contribution in [2.24, 2.45) is 9.98 Å². The Balaban J connectivity index is 0.000000493. The summed E-state index contributed by atoms with van der Waals surface area (Å²) in [6.45, 7) is 14.1. The Morgan fingerprint density at radius 2 is 2.09 bits per heavy atom. The molecular weight excluding hydrogens is 471 g/mol. The van der Waals surface area contributed by atoms with Crippen molar-refractivity contribution in [3.05, 3.63) is 95.3 Å². The molecule has 5 nitrogen and oxygen atoms in total. The van der Waals surface area contributed by atoms with Crippen LogP contribution in [0.4, 0.5) is 4.39 Å². The van der Waals surface area contributed by atoms with E-state index in [2.05, 4.69) is 33.9 Å². The minimum absolute atomic E-state index is 0.308. The summed E-state index contributed by atoms with van der Waals surface area (Å²) in [5.41, 5.74) is 5.44. The summed E-state index contributed by atoms with van der Waals surface area (Å²) in [5, 5.41) is 10.9. The zero-order valence-electron chi connectivity index (χ0n) is 19.6. The molecule has 34 heavy (non-hydrogen) atoms. The highest BCUT2D eigenvalue weighted by Crippen LogP contribution is 2.31. The first-order valence-corrected chi connectivity index (χ1v) is 11.5. The first kappa shape index (κ1) is 28.6. The van der Waals surface area contributed by atoms with Gasteiger partial charge in [-0.25, -0.2) is 19.4 Å². The van der Waals surface area contributed by atoms with Gasteiger partial charge < -0.3 is 4.42 Å².